The van der Waals surface area contributed by atoms with Crippen LogP contribution in [0.25, 0.3) is 81.6 Å². The average molecular weight is 580 g/mol. The molecule has 0 saturated heterocycles. The van der Waals surface area contributed by atoms with E-state index in [1.807, 2.05) is 18.2 Å². The predicted octanol–water partition coefficient (Wildman–Crippen LogP) is 10.9. The van der Waals surface area contributed by atoms with Gasteiger partial charge in [0.2, 0.25) is 0 Å². The quantitative estimate of drug-likeness (QED) is 0.208. The summed E-state index contributed by atoms with van der Waals surface area (Å²) in [6, 6.07) is 53.6. The van der Waals surface area contributed by atoms with Gasteiger partial charge in [0.05, 0.1) is 16.7 Å². The van der Waals surface area contributed by atoms with Crippen LogP contribution in [0.1, 0.15) is 0 Å². The maximum Gasteiger partial charge on any atom is 0.161 e. The first-order chi connectivity index (χ1) is 21.8. The highest BCUT2D eigenvalue weighted by Gasteiger charge is 2.19. The summed E-state index contributed by atoms with van der Waals surface area (Å²) in [7, 11) is 0. The molecular formula is C40H25N3S. The lowest BCUT2D eigenvalue weighted by molar-refractivity contribution is 1.18. The van der Waals surface area contributed by atoms with Gasteiger partial charge in [-0.25, -0.2) is 9.97 Å². The highest BCUT2D eigenvalue weighted by molar-refractivity contribution is 7.25. The van der Waals surface area contributed by atoms with Gasteiger partial charge < -0.3 is 4.57 Å². The first kappa shape index (κ1) is 25.0. The molecule has 0 saturated carbocycles. The molecule has 0 radical (unpaired) electrons. The van der Waals surface area contributed by atoms with Crippen LogP contribution in [0.2, 0.25) is 0 Å². The molecule has 9 rings (SSSR count). The van der Waals surface area contributed by atoms with Crippen LogP contribution in [0.15, 0.2) is 152 Å². The van der Waals surface area contributed by atoms with Gasteiger partial charge in [0, 0.05) is 43.1 Å². The van der Waals surface area contributed by atoms with E-state index in [4.69, 9.17) is 9.97 Å². The predicted molar refractivity (Wildman–Crippen MR) is 186 cm³/mol. The molecule has 0 amide bonds. The van der Waals surface area contributed by atoms with Crippen molar-refractivity contribution in [1.29, 1.82) is 0 Å². The second kappa shape index (κ2) is 10.0. The molecule has 0 fully saturated rings. The SMILES string of the molecule is c1ccc(-c2nc(-c3ccccc3)c3c(n2)sc2ccc(-c4cccc5c4c4ccccc4n5-c4ccccc4)cc23)cc1. The summed E-state index contributed by atoms with van der Waals surface area (Å²) < 4.78 is 3.58. The Bertz CT molecular complexity index is 2480. The Morgan fingerprint density at radius 3 is 1.95 bits per heavy atom. The molecule has 0 bridgehead atoms. The zero-order valence-electron chi connectivity index (χ0n) is 23.7. The van der Waals surface area contributed by atoms with Crippen molar-refractivity contribution in [3.8, 4) is 39.5 Å². The third-order valence-electron chi connectivity index (χ3n) is 8.43. The molecular weight excluding hydrogens is 555 g/mol. The van der Waals surface area contributed by atoms with Crippen molar-refractivity contribution in [3.63, 3.8) is 0 Å². The summed E-state index contributed by atoms with van der Waals surface area (Å²) in [5.74, 6) is 0.752. The maximum absolute atomic E-state index is 5.19. The van der Waals surface area contributed by atoms with E-state index in [1.54, 1.807) is 11.3 Å². The van der Waals surface area contributed by atoms with Gasteiger partial charge in [-0.05, 0) is 47.5 Å². The largest absolute Gasteiger partial charge is 0.309 e. The van der Waals surface area contributed by atoms with Crippen molar-refractivity contribution >= 4 is 53.4 Å². The van der Waals surface area contributed by atoms with Gasteiger partial charge in [-0.1, -0.05) is 115 Å². The third kappa shape index (κ3) is 3.89. The molecule has 9 aromatic rings. The standard InChI is InChI=1S/C40H25N3S/c1-4-13-26(14-5-1)38-37-32-25-28(23-24-35(32)44-40(37)42-39(41-38)27-15-6-2-7-16-27)30-20-12-22-34-36(30)31-19-10-11-21-33(31)43(34)29-17-8-3-9-18-29/h1-25H. The molecule has 44 heavy (non-hydrogen) atoms. The molecule has 3 aromatic heterocycles. The molecule has 0 aliphatic heterocycles. The number of rotatable bonds is 4. The fourth-order valence-electron chi connectivity index (χ4n) is 6.48. The molecule has 3 heterocycles. The number of hydrogen-bond acceptors (Lipinski definition) is 3. The minimum Gasteiger partial charge on any atom is -0.309 e. The Labute approximate surface area is 258 Å². The zero-order chi connectivity index (χ0) is 29.0. The summed E-state index contributed by atoms with van der Waals surface area (Å²) >= 11 is 1.74. The highest BCUT2D eigenvalue weighted by Crippen LogP contribution is 2.43. The van der Waals surface area contributed by atoms with E-state index in [0.29, 0.717) is 0 Å². The van der Waals surface area contributed by atoms with E-state index in [-0.39, 0.29) is 0 Å². The molecule has 0 atom stereocenters. The molecule has 4 heteroatoms. The minimum atomic E-state index is 0.752. The average Bonchev–Trinajstić information content (AvgIpc) is 3.64. The second-order valence-electron chi connectivity index (χ2n) is 11.0. The highest BCUT2D eigenvalue weighted by atomic mass is 32.1. The van der Waals surface area contributed by atoms with Crippen LogP contribution >= 0.6 is 11.3 Å². The Morgan fingerprint density at radius 2 is 1.16 bits per heavy atom. The van der Waals surface area contributed by atoms with E-state index in [2.05, 4.69) is 138 Å². The summed E-state index contributed by atoms with van der Waals surface area (Å²) in [6.07, 6.45) is 0. The number of hydrogen-bond donors (Lipinski definition) is 0. The van der Waals surface area contributed by atoms with Crippen molar-refractivity contribution in [3.05, 3.63) is 152 Å². The Hall–Kier alpha value is -5.58. The monoisotopic (exact) mass is 579 g/mol. The normalized spacial score (nSPS) is 11.6. The van der Waals surface area contributed by atoms with Gasteiger partial charge in [-0.3, -0.25) is 0 Å². The Kier molecular flexibility index (Phi) is 5.68. The lowest BCUT2D eigenvalue weighted by Crippen LogP contribution is -1.93. The van der Waals surface area contributed by atoms with E-state index in [0.717, 1.165) is 38.5 Å². The van der Waals surface area contributed by atoms with E-state index in [1.165, 1.54) is 43.0 Å². The van der Waals surface area contributed by atoms with E-state index < -0.39 is 0 Å². The Morgan fingerprint density at radius 1 is 0.477 bits per heavy atom. The zero-order valence-corrected chi connectivity index (χ0v) is 24.5. The van der Waals surface area contributed by atoms with Crippen molar-refractivity contribution in [2.24, 2.45) is 0 Å². The van der Waals surface area contributed by atoms with Crippen molar-refractivity contribution in [1.82, 2.24) is 14.5 Å². The summed E-state index contributed by atoms with van der Waals surface area (Å²) in [5, 5.41) is 4.80. The van der Waals surface area contributed by atoms with Gasteiger partial charge in [0.15, 0.2) is 5.82 Å². The van der Waals surface area contributed by atoms with Crippen LogP contribution in [-0.2, 0) is 0 Å². The second-order valence-corrected chi connectivity index (χ2v) is 12.0. The number of thiophene rings is 1. The molecule has 0 aliphatic rings. The number of nitrogens with zero attached hydrogens (tertiary/aromatic N) is 3. The van der Waals surface area contributed by atoms with Gasteiger partial charge in [0.25, 0.3) is 0 Å². The van der Waals surface area contributed by atoms with E-state index >= 15 is 0 Å². The molecule has 3 nitrogen and oxygen atoms in total. The maximum atomic E-state index is 5.19. The van der Waals surface area contributed by atoms with Crippen LogP contribution in [-0.4, -0.2) is 14.5 Å². The van der Waals surface area contributed by atoms with Gasteiger partial charge >= 0.3 is 0 Å². The van der Waals surface area contributed by atoms with Crippen LogP contribution in [0.4, 0.5) is 0 Å². The van der Waals surface area contributed by atoms with Crippen LogP contribution in [0.5, 0.6) is 0 Å². The first-order valence-corrected chi connectivity index (χ1v) is 15.6. The topological polar surface area (TPSA) is 30.7 Å². The number of aromatic nitrogens is 3. The van der Waals surface area contributed by atoms with Crippen molar-refractivity contribution in [2.45, 2.75) is 0 Å². The molecule has 0 spiro atoms. The third-order valence-corrected chi connectivity index (χ3v) is 9.50. The van der Waals surface area contributed by atoms with Crippen LogP contribution in [0.3, 0.4) is 0 Å². The number of benzene rings is 6. The van der Waals surface area contributed by atoms with Gasteiger partial charge in [-0.15, -0.1) is 11.3 Å². The Balaban J connectivity index is 1.32. The van der Waals surface area contributed by atoms with E-state index in [9.17, 15) is 0 Å². The minimum absolute atomic E-state index is 0.752. The summed E-state index contributed by atoms with van der Waals surface area (Å²) in [6.45, 7) is 0. The molecule has 0 aliphatic carbocycles. The first-order valence-electron chi connectivity index (χ1n) is 14.8. The van der Waals surface area contributed by atoms with Crippen LogP contribution in [0, 0.1) is 0 Å². The molecule has 6 aromatic carbocycles. The smallest absolute Gasteiger partial charge is 0.161 e. The molecule has 0 N–H and O–H groups in total. The molecule has 206 valence electrons. The fourth-order valence-corrected chi connectivity index (χ4v) is 7.54. The van der Waals surface area contributed by atoms with Gasteiger partial charge in [-0.2, -0.15) is 0 Å². The van der Waals surface area contributed by atoms with Crippen molar-refractivity contribution < 1.29 is 0 Å². The number of fused-ring (bicyclic) bond motifs is 6. The lowest BCUT2D eigenvalue weighted by atomic mass is 9.97. The van der Waals surface area contributed by atoms with Crippen LogP contribution < -0.4 is 0 Å². The number of para-hydroxylation sites is 2. The van der Waals surface area contributed by atoms with Gasteiger partial charge in [0.1, 0.15) is 4.83 Å². The fraction of sp³-hybridized carbons (Fsp3) is 0. The van der Waals surface area contributed by atoms with Crippen molar-refractivity contribution in [2.75, 3.05) is 0 Å². The summed E-state index contributed by atoms with van der Waals surface area (Å²) in [5.41, 5.74) is 9.05. The lowest BCUT2D eigenvalue weighted by Gasteiger charge is -2.09. The molecule has 0 unspecified atom stereocenters. The summed E-state index contributed by atoms with van der Waals surface area (Å²) in [4.78, 5) is 11.3.